The maximum absolute atomic E-state index is 12.0. The largest absolute Gasteiger partial charge is 0.294 e. The Bertz CT molecular complexity index is 560. The van der Waals surface area contributed by atoms with Crippen molar-refractivity contribution >= 4 is 21.7 Å². The molecule has 1 aromatic carbocycles. The number of aryl methyl sites for hydroxylation is 2. The lowest BCUT2D eigenvalue weighted by Crippen LogP contribution is -2.03. The van der Waals surface area contributed by atoms with Crippen LogP contribution in [0.25, 0.3) is 0 Å². The average Bonchev–Trinajstić information content (AvgIpc) is 2.68. The summed E-state index contributed by atoms with van der Waals surface area (Å²) in [6.45, 7) is 2.00. The molecule has 0 spiro atoms. The summed E-state index contributed by atoms with van der Waals surface area (Å²) >= 11 is 3.44. The molecule has 0 aliphatic rings. The number of carbonyl (C=O) groups excluding carboxylic acids is 1. The first-order chi connectivity index (χ1) is 8.06. The molecular weight excluding hydrogens is 280 g/mol. The Labute approximate surface area is 109 Å². The zero-order valence-corrected chi connectivity index (χ0v) is 11.4. The Morgan fingerprint density at radius 3 is 2.82 bits per heavy atom. The fraction of sp³-hybridized carbons (Fsp3) is 0.231. The molecule has 3 nitrogen and oxygen atoms in total. The molecule has 0 bridgehead atoms. The molecule has 2 aromatic rings. The summed E-state index contributed by atoms with van der Waals surface area (Å²) in [5.74, 6) is 0.110. The fourth-order valence-electron chi connectivity index (χ4n) is 1.62. The number of nitrogens with zero attached hydrogens (tertiary/aromatic N) is 2. The molecule has 0 radical (unpaired) electrons. The summed E-state index contributed by atoms with van der Waals surface area (Å²) in [4.78, 5) is 12.0. The lowest BCUT2D eigenvalue weighted by atomic mass is 10.0. The van der Waals surface area contributed by atoms with Gasteiger partial charge < -0.3 is 0 Å². The molecule has 0 N–H and O–H groups in total. The van der Waals surface area contributed by atoms with Crippen LogP contribution in [0.4, 0.5) is 0 Å². The number of aromatic nitrogens is 2. The van der Waals surface area contributed by atoms with Crippen molar-refractivity contribution in [2.24, 2.45) is 7.05 Å². The minimum absolute atomic E-state index is 0.110. The third-order valence-electron chi connectivity index (χ3n) is 2.62. The van der Waals surface area contributed by atoms with Crippen molar-refractivity contribution < 1.29 is 4.79 Å². The fourth-order valence-corrected chi connectivity index (χ4v) is 2.00. The topological polar surface area (TPSA) is 34.9 Å². The third kappa shape index (κ3) is 2.82. The second kappa shape index (κ2) is 4.84. The quantitative estimate of drug-likeness (QED) is 0.816. The van der Waals surface area contributed by atoms with Gasteiger partial charge in [0.15, 0.2) is 5.78 Å². The normalized spacial score (nSPS) is 10.5. The number of rotatable bonds is 3. The van der Waals surface area contributed by atoms with Crippen LogP contribution in [0.5, 0.6) is 0 Å². The van der Waals surface area contributed by atoms with E-state index in [1.165, 1.54) is 0 Å². The molecule has 17 heavy (non-hydrogen) atoms. The Balaban J connectivity index is 2.17. The molecule has 88 valence electrons. The second-order valence-electron chi connectivity index (χ2n) is 4.09. The number of hydrogen-bond acceptors (Lipinski definition) is 2. The standard InChI is InChI=1S/C13H13BrN2O/c1-9-3-4-11(6-12(9)14)13(17)5-10-7-15-16(2)8-10/h3-4,6-8H,5H2,1-2H3. The van der Waals surface area contributed by atoms with Crippen LogP contribution in [0.3, 0.4) is 0 Å². The first kappa shape index (κ1) is 12.0. The number of carbonyl (C=O) groups is 1. The molecule has 2 rings (SSSR count). The van der Waals surface area contributed by atoms with E-state index >= 15 is 0 Å². The van der Waals surface area contributed by atoms with Crippen molar-refractivity contribution in [2.75, 3.05) is 0 Å². The molecule has 0 unspecified atom stereocenters. The predicted molar refractivity (Wildman–Crippen MR) is 70.1 cm³/mol. The van der Waals surface area contributed by atoms with Crippen LogP contribution in [0, 0.1) is 6.92 Å². The second-order valence-corrected chi connectivity index (χ2v) is 4.94. The van der Waals surface area contributed by atoms with E-state index in [9.17, 15) is 4.79 Å². The van der Waals surface area contributed by atoms with Gasteiger partial charge in [0.25, 0.3) is 0 Å². The van der Waals surface area contributed by atoms with Gasteiger partial charge in [-0.3, -0.25) is 9.48 Å². The van der Waals surface area contributed by atoms with Gasteiger partial charge in [0.2, 0.25) is 0 Å². The predicted octanol–water partition coefficient (Wildman–Crippen LogP) is 2.92. The van der Waals surface area contributed by atoms with Crippen molar-refractivity contribution in [3.63, 3.8) is 0 Å². The van der Waals surface area contributed by atoms with Crippen LogP contribution >= 0.6 is 15.9 Å². The average molecular weight is 293 g/mol. The highest BCUT2D eigenvalue weighted by atomic mass is 79.9. The van der Waals surface area contributed by atoms with Gasteiger partial charge in [0.05, 0.1) is 6.20 Å². The van der Waals surface area contributed by atoms with Crippen molar-refractivity contribution in [1.82, 2.24) is 9.78 Å². The van der Waals surface area contributed by atoms with Gasteiger partial charge in [-0.25, -0.2) is 0 Å². The van der Waals surface area contributed by atoms with Crippen LogP contribution in [-0.2, 0) is 13.5 Å². The van der Waals surface area contributed by atoms with Gasteiger partial charge in [0.1, 0.15) is 0 Å². The van der Waals surface area contributed by atoms with E-state index in [1.807, 2.05) is 38.4 Å². The summed E-state index contributed by atoms with van der Waals surface area (Å²) in [6.07, 6.45) is 3.98. The number of Topliss-reactive ketones (excluding diaryl/α,β-unsaturated/α-hetero) is 1. The molecular formula is C13H13BrN2O. The highest BCUT2D eigenvalue weighted by Crippen LogP contribution is 2.18. The van der Waals surface area contributed by atoms with Gasteiger partial charge in [-0.1, -0.05) is 28.1 Å². The molecule has 4 heteroatoms. The van der Waals surface area contributed by atoms with E-state index in [1.54, 1.807) is 10.9 Å². The summed E-state index contributed by atoms with van der Waals surface area (Å²) in [7, 11) is 1.84. The zero-order chi connectivity index (χ0) is 12.4. The zero-order valence-electron chi connectivity index (χ0n) is 9.77. The first-order valence-corrected chi connectivity index (χ1v) is 6.12. The maximum atomic E-state index is 12.0. The lowest BCUT2D eigenvalue weighted by Gasteiger charge is -2.02. The van der Waals surface area contributed by atoms with Crippen LogP contribution in [-0.4, -0.2) is 15.6 Å². The van der Waals surface area contributed by atoms with E-state index in [2.05, 4.69) is 21.0 Å². The van der Waals surface area contributed by atoms with Gasteiger partial charge in [-0.05, 0) is 24.1 Å². The van der Waals surface area contributed by atoms with Crippen LogP contribution in [0.1, 0.15) is 21.5 Å². The summed E-state index contributed by atoms with van der Waals surface area (Å²) < 4.78 is 2.67. The SMILES string of the molecule is Cc1ccc(C(=O)Cc2cnn(C)c2)cc1Br. The molecule has 0 aliphatic carbocycles. The Morgan fingerprint density at radius 2 is 2.24 bits per heavy atom. The number of hydrogen-bond donors (Lipinski definition) is 0. The molecule has 1 aromatic heterocycles. The molecule has 0 amide bonds. The van der Waals surface area contributed by atoms with Crippen molar-refractivity contribution in [3.8, 4) is 0 Å². The Hall–Kier alpha value is -1.42. The number of halogens is 1. The van der Waals surface area contributed by atoms with Crippen LogP contribution in [0.15, 0.2) is 35.1 Å². The van der Waals surface area contributed by atoms with E-state index in [0.717, 1.165) is 21.2 Å². The molecule has 0 aliphatic heterocycles. The smallest absolute Gasteiger partial charge is 0.167 e. The summed E-state index contributed by atoms with van der Waals surface area (Å²) in [5, 5.41) is 4.05. The van der Waals surface area contributed by atoms with Crippen LogP contribution in [0.2, 0.25) is 0 Å². The van der Waals surface area contributed by atoms with Gasteiger partial charge in [-0.2, -0.15) is 5.10 Å². The first-order valence-electron chi connectivity index (χ1n) is 5.33. The minimum Gasteiger partial charge on any atom is -0.294 e. The molecule has 0 atom stereocenters. The molecule has 0 fully saturated rings. The van der Waals surface area contributed by atoms with E-state index in [0.29, 0.717) is 6.42 Å². The molecule has 0 saturated heterocycles. The molecule has 0 saturated carbocycles. The Morgan fingerprint density at radius 1 is 1.47 bits per heavy atom. The van der Waals surface area contributed by atoms with Crippen molar-refractivity contribution in [3.05, 3.63) is 51.8 Å². The maximum Gasteiger partial charge on any atom is 0.167 e. The third-order valence-corrected chi connectivity index (χ3v) is 3.47. The van der Waals surface area contributed by atoms with Gasteiger partial charge in [-0.15, -0.1) is 0 Å². The van der Waals surface area contributed by atoms with Crippen molar-refractivity contribution in [2.45, 2.75) is 13.3 Å². The van der Waals surface area contributed by atoms with Gasteiger partial charge >= 0.3 is 0 Å². The van der Waals surface area contributed by atoms with Crippen molar-refractivity contribution in [1.29, 1.82) is 0 Å². The highest BCUT2D eigenvalue weighted by Gasteiger charge is 2.09. The van der Waals surface area contributed by atoms with Gasteiger partial charge in [0, 0.05) is 29.7 Å². The van der Waals surface area contributed by atoms with E-state index in [4.69, 9.17) is 0 Å². The molecule has 1 heterocycles. The minimum atomic E-state index is 0.110. The number of ketones is 1. The lowest BCUT2D eigenvalue weighted by molar-refractivity contribution is 0.0993. The number of benzene rings is 1. The highest BCUT2D eigenvalue weighted by molar-refractivity contribution is 9.10. The van der Waals surface area contributed by atoms with E-state index in [-0.39, 0.29) is 5.78 Å². The summed E-state index contributed by atoms with van der Waals surface area (Å²) in [5.41, 5.74) is 2.79. The monoisotopic (exact) mass is 292 g/mol. The van der Waals surface area contributed by atoms with E-state index < -0.39 is 0 Å². The van der Waals surface area contributed by atoms with Crippen LogP contribution < -0.4 is 0 Å². The summed E-state index contributed by atoms with van der Waals surface area (Å²) in [6, 6.07) is 5.67. The Kier molecular flexibility index (Phi) is 3.43.